The highest BCUT2D eigenvalue weighted by Gasteiger charge is 2.44. The van der Waals surface area contributed by atoms with Gasteiger partial charge in [-0.2, -0.15) is 0 Å². The number of unbranched alkanes of at least 4 members (excludes halogenated alkanes) is 1. The van der Waals surface area contributed by atoms with Crippen molar-refractivity contribution in [1.29, 1.82) is 0 Å². The van der Waals surface area contributed by atoms with E-state index in [4.69, 9.17) is 20.3 Å². The maximum absolute atomic E-state index is 11.6. The maximum Gasteiger partial charge on any atom is 0.469 e. The summed E-state index contributed by atoms with van der Waals surface area (Å²) in [5, 5.41) is 19.6. The summed E-state index contributed by atoms with van der Waals surface area (Å²) >= 11 is 0. The number of nitrogens with zero attached hydrogens (tertiary/aromatic N) is 1. The molecule has 1 saturated heterocycles. The van der Waals surface area contributed by atoms with Gasteiger partial charge in [0, 0.05) is 12.3 Å². The molecule has 2 heterocycles. The van der Waals surface area contributed by atoms with E-state index in [9.17, 15) is 24.4 Å². The Morgan fingerprint density at radius 3 is 2.46 bits per heavy atom. The molecule has 4 atom stereocenters. The van der Waals surface area contributed by atoms with Gasteiger partial charge in [-0.1, -0.05) is 13.3 Å². The molecule has 1 aliphatic rings. The highest BCUT2D eigenvalue weighted by molar-refractivity contribution is 7.46. The van der Waals surface area contributed by atoms with Gasteiger partial charge in [0.1, 0.15) is 18.3 Å². The van der Waals surface area contributed by atoms with Gasteiger partial charge in [-0.15, -0.1) is 0 Å². The first-order valence-corrected chi connectivity index (χ1v) is 9.37. The predicted molar refractivity (Wildman–Crippen MR) is 89.2 cm³/mol. The van der Waals surface area contributed by atoms with Crippen molar-refractivity contribution in [3.63, 3.8) is 0 Å². The maximum atomic E-state index is 11.6. The van der Waals surface area contributed by atoms with Crippen LogP contribution in [0, 0.1) is 0 Å². The lowest BCUT2D eigenvalue weighted by molar-refractivity contribution is -0.0543. The standard InChI is InChI=1S/C9H13N2O9P.C4H11N/c12-5-1-2-11(9(15)10-5)8-7(14)6(13)4(20-8)3-19-21(16,17)18;1-2-3-4-5/h1-2,4,6-8,13-14H,3H2,(H,10,12,15)(H2,16,17,18);2-5H2,1H3/t4-,6-,7-,8-;/m1./s1. The topological polar surface area (TPSA) is 197 Å². The van der Waals surface area contributed by atoms with E-state index in [2.05, 4.69) is 11.4 Å². The molecule has 26 heavy (non-hydrogen) atoms. The average Bonchev–Trinajstić information content (AvgIpc) is 2.82. The van der Waals surface area contributed by atoms with Crippen LogP contribution in [0.5, 0.6) is 0 Å². The smallest absolute Gasteiger partial charge is 0.387 e. The quantitative estimate of drug-likeness (QED) is 0.292. The fraction of sp³-hybridized carbons (Fsp3) is 0.692. The van der Waals surface area contributed by atoms with Crippen LogP contribution in [0.15, 0.2) is 21.9 Å². The number of nitrogens with one attached hydrogen (secondary N) is 1. The third-order valence-electron chi connectivity index (χ3n) is 3.43. The fourth-order valence-corrected chi connectivity index (χ4v) is 2.44. The number of H-pyrrole nitrogens is 1. The summed E-state index contributed by atoms with van der Waals surface area (Å²) in [5.74, 6) is 0. The first kappa shape index (κ1) is 22.7. The summed E-state index contributed by atoms with van der Waals surface area (Å²) < 4.78 is 20.8. The van der Waals surface area contributed by atoms with E-state index < -0.39 is 50.2 Å². The van der Waals surface area contributed by atoms with E-state index in [1.807, 2.05) is 4.98 Å². The lowest BCUT2D eigenvalue weighted by Gasteiger charge is -2.16. The Bertz CT molecular complexity index is 713. The van der Waals surface area contributed by atoms with Gasteiger partial charge in [0.05, 0.1) is 6.61 Å². The largest absolute Gasteiger partial charge is 0.469 e. The van der Waals surface area contributed by atoms with Crippen LogP contribution in [0.3, 0.4) is 0 Å². The number of hydrogen-bond donors (Lipinski definition) is 6. The number of aromatic nitrogens is 2. The number of phosphoric ester groups is 1. The first-order valence-electron chi connectivity index (χ1n) is 7.84. The van der Waals surface area contributed by atoms with E-state index in [0.29, 0.717) is 0 Å². The summed E-state index contributed by atoms with van der Waals surface area (Å²) in [6, 6.07) is 1.02. The van der Waals surface area contributed by atoms with Crippen molar-refractivity contribution < 1.29 is 33.8 Å². The van der Waals surface area contributed by atoms with Crippen molar-refractivity contribution in [3.8, 4) is 0 Å². The molecule has 1 fully saturated rings. The SMILES string of the molecule is CCCCN.O=c1ccn([C@@H]2O[C@H](COP(=O)(O)O)[C@@H](O)[C@H]2O)c(=O)[nH]1. The van der Waals surface area contributed by atoms with Gasteiger partial charge in [-0.05, 0) is 13.0 Å². The van der Waals surface area contributed by atoms with Crippen LogP contribution in [0.1, 0.15) is 26.0 Å². The molecule has 0 saturated carbocycles. The Hall–Kier alpha value is -1.37. The monoisotopic (exact) mass is 397 g/mol. The second-order valence-corrected chi connectivity index (χ2v) is 6.73. The van der Waals surface area contributed by atoms with Crippen molar-refractivity contribution >= 4 is 7.82 Å². The zero-order valence-corrected chi connectivity index (χ0v) is 15.0. The molecule has 0 amide bonds. The van der Waals surface area contributed by atoms with Crippen molar-refractivity contribution in [2.45, 2.75) is 44.3 Å². The summed E-state index contributed by atoms with van der Waals surface area (Å²) in [6.07, 6.45) is -2.20. The third kappa shape index (κ3) is 6.74. The minimum Gasteiger partial charge on any atom is -0.387 e. The molecule has 0 spiro atoms. The molecule has 0 unspecified atom stereocenters. The second-order valence-electron chi connectivity index (χ2n) is 5.49. The minimum absolute atomic E-state index is 0.648. The van der Waals surface area contributed by atoms with Crippen molar-refractivity contribution in [2.75, 3.05) is 13.2 Å². The number of aliphatic hydroxyl groups is 2. The lowest BCUT2D eigenvalue weighted by Crippen LogP contribution is -2.37. The van der Waals surface area contributed by atoms with Crippen LogP contribution in [0.25, 0.3) is 0 Å². The molecule has 1 aromatic rings. The first-order chi connectivity index (χ1) is 12.1. The number of hydrogen-bond acceptors (Lipinski definition) is 8. The Labute approximate surface area is 148 Å². The molecule has 2 rings (SSSR count). The highest BCUT2D eigenvalue weighted by atomic mass is 31.2. The molecular formula is C13H24N3O9P. The second kappa shape index (κ2) is 10.1. The molecule has 0 radical (unpaired) electrons. The van der Waals surface area contributed by atoms with E-state index in [0.717, 1.165) is 23.4 Å². The van der Waals surface area contributed by atoms with E-state index in [1.54, 1.807) is 0 Å². The molecule has 1 aromatic heterocycles. The normalized spacial score (nSPS) is 25.6. The lowest BCUT2D eigenvalue weighted by atomic mass is 10.1. The Balaban J connectivity index is 0.000000597. The Morgan fingerprint density at radius 1 is 1.35 bits per heavy atom. The molecule has 0 aliphatic carbocycles. The number of ether oxygens (including phenoxy) is 1. The minimum atomic E-state index is -4.76. The summed E-state index contributed by atoms with van der Waals surface area (Å²) in [4.78, 5) is 41.6. The highest BCUT2D eigenvalue weighted by Crippen LogP contribution is 2.38. The van der Waals surface area contributed by atoms with Crippen molar-refractivity contribution in [2.24, 2.45) is 5.73 Å². The molecule has 12 nitrogen and oxygen atoms in total. The predicted octanol–water partition coefficient (Wildman–Crippen LogP) is -1.99. The molecule has 150 valence electrons. The molecular weight excluding hydrogens is 373 g/mol. The molecule has 13 heteroatoms. The molecule has 1 aliphatic heterocycles. The number of nitrogens with two attached hydrogens (primary N) is 1. The van der Waals surface area contributed by atoms with Crippen LogP contribution in [0.4, 0.5) is 0 Å². The number of rotatable bonds is 6. The van der Waals surface area contributed by atoms with E-state index >= 15 is 0 Å². The van der Waals surface area contributed by atoms with E-state index in [1.165, 1.54) is 12.8 Å². The van der Waals surface area contributed by atoms with E-state index in [-0.39, 0.29) is 0 Å². The van der Waals surface area contributed by atoms with Crippen LogP contribution < -0.4 is 17.0 Å². The van der Waals surface area contributed by atoms with Gasteiger partial charge in [0.15, 0.2) is 6.23 Å². The Kier molecular flexibility index (Phi) is 8.80. The molecule has 7 N–H and O–H groups in total. The van der Waals surface area contributed by atoms with Gasteiger partial charge >= 0.3 is 13.5 Å². The van der Waals surface area contributed by atoms with Crippen LogP contribution in [-0.2, 0) is 13.8 Å². The zero-order valence-electron chi connectivity index (χ0n) is 14.1. The van der Waals surface area contributed by atoms with Gasteiger partial charge < -0.3 is 30.5 Å². The van der Waals surface area contributed by atoms with Crippen LogP contribution >= 0.6 is 7.82 Å². The zero-order chi connectivity index (χ0) is 19.9. The van der Waals surface area contributed by atoms with Crippen LogP contribution in [0.2, 0.25) is 0 Å². The van der Waals surface area contributed by atoms with Gasteiger partial charge in [0.2, 0.25) is 0 Å². The average molecular weight is 397 g/mol. The summed E-state index contributed by atoms with van der Waals surface area (Å²) in [6.45, 7) is 2.29. The number of aromatic amines is 1. The van der Waals surface area contributed by atoms with Crippen molar-refractivity contribution in [1.82, 2.24) is 9.55 Å². The number of aliphatic hydroxyl groups excluding tert-OH is 2. The Morgan fingerprint density at radius 2 is 2.00 bits per heavy atom. The van der Waals surface area contributed by atoms with Crippen molar-refractivity contribution in [3.05, 3.63) is 33.1 Å². The fourth-order valence-electron chi connectivity index (χ4n) is 2.10. The van der Waals surface area contributed by atoms with Crippen LogP contribution in [-0.4, -0.2) is 61.0 Å². The molecule has 0 bridgehead atoms. The third-order valence-corrected chi connectivity index (χ3v) is 3.91. The van der Waals surface area contributed by atoms with Gasteiger partial charge in [-0.25, -0.2) is 9.36 Å². The summed E-state index contributed by atoms with van der Waals surface area (Å²) in [5.41, 5.74) is 3.63. The number of phosphoric acid groups is 1. The molecule has 0 aromatic carbocycles. The van der Waals surface area contributed by atoms with Gasteiger partial charge in [-0.3, -0.25) is 18.9 Å². The van der Waals surface area contributed by atoms with Gasteiger partial charge in [0.25, 0.3) is 5.56 Å². The summed E-state index contributed by atoms with van der Waals surface area (Å²) in [7, 11) is -4.76.